The van der Waals surface area contributed by atoms with Gasteiger partial charge >= 0.3 is 0 Å². The second-order valence-corrected chi connectivity index (χ2v) is 18.4. The van der Waals surface area contributed by atoms with Crippen molar-refractivity contribution in [1.82, 2.24) is 14.8 Å². The van der Waals surface area contributed by atoms with Crippen LogP contribution in [0, 0.1) is 11.8 Å². The second-order valence-electron chi connectivity index (χ2n) is 18.4. The molecule has 2 heterocycles. The largest absolute Gasteiger partial charge is 0.484 e. The average molecular weight is 828 g/mol. The van der Waals surface area contributed by atoms with E-state index in [-0.39, 0.29) is 6.10 Å². The first kappa shape index (κ1) is 44.1. The number of aromatic nitrogens is 1. The van der Waals surface area contributed by atoms with Crippen molar-refractivity contribution in [2.75, 3.05) is 86.8 Å². The maximum atomic E-state index is 6.19. The summed E-state index contributed by atoms with van der Waals surface area (Å²) in [4.78, 5) is 13.4. The molecule has 7 nitrogen and oxygen atoms in total. The monoisotopic (exact) mass is 828 g/mol. The number of ether oxygens (including phenoxy) is 1. The lowest BCUT2D eigenvalue weighted by atomic mass is 9.82. The van der Waals surface area contributed by atoms with Gasteiger partial charge in [0.1, 0.15) is 26.0 Å². The van der Waals surface area contributed by atoms with Gasteiger partial charge in [0.2, 0.25) is 5.71 Å². The standard InChI is InChI=1S/C21H27N.C17H19N3.C17H21N2O/c1-16(15-22(2)3)14-21-19-10-6-4-8-17(19)12-13-18-9-5-7-11-20(18)21;1-19(2)14-7-5-12-9-13-6-8-15(20(3)4)11-17(13)18-16(12)10-14;1-18(2)14-7-5-12-9-13-6-8-15(19(3)4)11-17(13)20-16(12)10-14/h4-11,16,21H,12-15H2,1-3H3;5-11H,1-4H3;5-12,16H,1-4H3/q;;+1. The molecular weight excluding hydrogens is 761 g/mol. The number of likely N-dealkylation sites (N-methyl/N-ethyl adjacent to an activating group) is 1. The predicted octanol–water partition coefficient (Wildman–Crippen LogP) is 10.1. The number of hydrogen-bond acceptors (Lipinski definition) is 6. The van der Waals surface area contributed by atoms with Crippen LogP contribution in [0.4, 0.5) is 11.4 Å². The van der Waals surface area contributed by atoms with Gasteiger partial charge in [-0.25, -0.2) is 9.56 Å². The first-order valence-electron chi connectivity index (χ1n) is 22.1. The number of benzene rings is 4. The SMILES string of the molecule is CC(CC1c2ccccc2CCc2ccccc21)CN(C)C.CN(C)C1=CC2OC3=CC(=[N+](C)C)C=CC3=CC2C=C1.CN(C)c1ccc2cc3ccc(N(C)C)cc3nc2c1. The van der Waals surface area contributed by atoms with Crippen LogP contribution in [-0.2, 0) is 17.6 Å². The molecule has 0 N–H and O–H groups in total. The first-order chi connectivity index (χ1) is 29.7. The number of fused-ring (bicyclic) bond motifs is 6. The maximum Gasteiger partial charge on any atom is 0.203 e. The number of anilines is 2. The molecule has 0 saturated heterocycles. The molecule has 4 aromatic carbocycles. The fourth-order valence-corrected chi connectivity index (χ4v) is 8.96. The topological polar surface area (TPSA) is 38.1 Å². The highest BCUT2D eigenvalue weighted by molar-refractivity contribution is 6.03. The molecule has 1 aromatic heterocycles. The molecule has 0 fully saturated rings. The highest BCUT2D eigenvalue weighted by Crippen LogP contribution is 2.39. The number of allylic oxidation sites excluding steroid dienone is 4. The zero-order valence-electron chi connectivity index (χ0n) is 38.9. The Morgan fingerprint density at radius 1 is 0.677 bits per heavy atom. The van der Waals surface area contributed by atoms with Crippen LogP contribution in [0.3, 0.4) is 0 Å². The van der Waals surface area contributed by atoms with Gasteiger partial charge in [-0.1, -0.05) is 79.7 Å². The van der Waals surface area contributed by atoms with Crippen molar-refractivity contribution >= 4 is 38.9 Å². The van der Waals surface area contributed by atoms with Crippen LogP contribution in [0.5, 0.6) is 0 Å². The zero-order chi connectivity index (χ0) is 44.1. The molecule has 4 aliphatic rings. The number of hydrogen-bond donors (Lipinski definition) is 0. The lowest BCUT2D eigenvalue weighted by Crippen LogP contribution is -2.29. The third kappa shape index (κ3) is 10.4. The molecule has 1 aliphatic heterocycles. The van der Waals surface area contributed by atoms with E-state index in [0.717, 1.165) is 23.3 Å². The summed E-state index contributed by atoms with van der Waals surface area (Å²) in [6.45, 7) is 3.54. The van der Waals surface area contributed by atoms with Crippen molar-refractivity contribution in [3.8, 4) is 0 Å². The Morgan fingerprint density at radius 3 is 1.79 bits per heavy atom. The minimum absolute atomic E-state index is 0.0994. The molecule has 0 amide bonds. The molecule has 5 aromatic rings. The Balaban J connectivity index is 0.000000140. The molecule has 3 aliphatic carbocycles. The van der Waals surface area contributed by atoms with Gasteiger partial charge in [0.05, 0.1) is 17.1 Å². The molecule has 3 unspecified atom stereocenters. The first-order valence-corrected chi connectivity index (χ1v) is 22.1. The number of rotatable bonds is 7. The molecular formula is C55H67N6O+. The maximum absolute atomic E-state index is 6.19. The van der Waals surface area contributed by atoms with Gasteiger partial charge in [0, 0.05) is 100 Å². The van der Waals surface area contributed by atoms with E-state index in [2.05, 4.69) is 193 Å². The van der Waals surface area contributed by atoms with Crippen LogP contribution < -0.4 is 9.80 Å². The van der Waals surface area contributed by atoms with Crippen LogP contribution in [-0.4, -0.2) is 108 Å². The van der Waals surface area contributed by atoms with Crippen molar-refractivity contribution < 1.29 is 9.31 Å². The Labute approximate surface area is 371 Å². The summed E-state index contributed by atoms with van der Waals surface area (Å²) < 4.78 is 8.29. The molecule has 62 heavy (non-hydrogen) atoms. The van der Waals surface area contributed by atoms with E-state index in [4.69, 9.17) is 9.72 Å². The van der Waals surface area contributed by atoms with Gasteiger partial charge in [-0.15, -0.1) is 0 Å². The summed E-state index contributed by atoms with van der Waals surface area (Å²) >= 11 is 0. The van der Waals surface area contributed by atoms with Crippen molar-refractivity contribution in [2.24, 2.45) is 11.8 Å². The third-order valence-corrected chi connectivity index (χ3v) is 12.3. The Kier molecular flexibility index (Phi) is 13.8. The van der Waals surface area contributed by atoms with Gasteiger partial charge in [-0.3, -0.25) is 0 Å². The van der Waals surface area contributed by atoms with E-state index in [1.54, 1.807) is 22.3 Å². The summed E-state index contributed by atoms with van der Waals surface area (Å²) in [5, 5.41) is 2.36. The second kappa shape index (κ2) is 19.4. The minimum atomic E-state index is 0.0994. The quantitative estimate of drug-likeness (QED) is 0.120. The Hall–Kier alpha value is -5.92. The van der Waals surface area contributed by atoms with Gasteiger partial charge in [0.15, 0.2) is 0 Å². The molecule has 0 bridgehead atoms. The fourth-order valence-electron chi connectivity index (χ4n) is 8.96. The Bertz CT molecular complexity index is 2470. The predicted molar refractivity (Wildman–Crippen MR) is 264 cm³/mol. The summed E-state index contributed by atoms with van der Waals surface area (Å²) in [6.07, 6.45) is 18.9. The lowest BCUT2D eigenvalue weighted by molar-refractivity contribution is -0.462. The minimum Gasteiger partial charge on any atom is -0.484 e. The molecule has 0 saturated carbocycles. The van der Waals surface area contributed by atoms with Crippen molar-refractivity contribution in [3.05, 3.63) is 173 Å². The third-order valence-electron chi connectivity index (χ3n) is 12.3. The number of pyridine rings is 1. The van der Waals surface area contributed by atoms with Crippen LogP contribution in [0.1, 0.15) is 41.5 Å². The van der Waals surface area contributed by atoms with E-state index >= 15 is 0 Å². The number of aryl methyl sites for hydroxylation is 2. The summed E-state index contributed by atoms with van der Waals surface area (Å²) in [7, 11) is 20.7. The molecule has 0 radical (unpaired) electrons. The smallest absolute Gasteiger partial charge is 0.203 e. The van der Waals surface area contributed by atoms with Crippen LogP contribution >= 0.6 is 0 Å². The molecule has 9 rings (SSSR count). The van der Waals surface area contributed by atoms with Crippen molar-refractivity contribution in [1.29, 1.82) is 0 Å². The van der Waals surface area contributed by atoms with E-state index in [0.29, 0.717) is 17.8 Å². The van der Waals surface area contributed by atoms with Gasteiger partial charge < -0.3 is 24.3 Å². The summed E-state index contributed by atoms with van der Waals surface area (Å²) in [5.74, 6) is 2.54. The van der Waals surface area contributed by atoms with Crippen molar-refractivity contribution in [2.45, 2.75) is 38.2 Å². The lowest BCUT2D eigenvalue weighted by Gasteiger charge is -2.33. The van der Waals surface area contributed by atoms with Gasteiger partial charge in [-0.2, -0.15) is 0 Å². The molecule has 7 heteroatoms. The van der Waals surface area contributed by atoms with E-state index in [1.165, 1.54) is 58.4 Å². The van der Waals surface area contributed by atoms with Crippen molar-refractivity contribution in [3.63, 3.8) is 0 Å². The van der Waals surface area contributed by atoms with Gasteiger partial charge in [-0.05, 0) is 110 Å². The highest BCUT2D eigenvalue weighted by atomic mass is 16.5. The van der Waals surface area contributed by atoms with E-state index < -0.39 is 0 Å². The Morgan fingerprint density at radius 2 is 1.26 bits per heavy atom. The summed E-state index contributed by atoms with van der Waals surface area (Å²) in [6, 6.07) is 33.1. The number of nitrogens with zero attached hydrogens (tertiary/aromatic N) is 6. The van der Waals surface area contributed by atoms with Gasteiger partial charge in [0.25, 0.3) is 0 Å². The molecule has 3 atom stereocenters. The van der Waals surface area contributed by atoms with Crippen LogP contribution in [0.25, 0.3) is 21.8 Å². The summed E-state index contributed by atoms with van der Waals surface area (Å²) in [5.41, 5.74) is 14.2. The molecule has 322 valence electrons. The highest BCUT2D eigenvalue weighted by Gasteiger charge is 2.30. The van der Waals surface area contributed by atoms with Crippen LogP contribution in [0.2, 0.25) is 0 Å². The van der Waals surface area contributed by atoms with E-state index in [9.17, 15) is 0 Å². The van der Waals surface area contributed by atoms with E-state index in [1.807, 2.05) is 42.3 Å². The fraction of sp³-hybridized carbons (Fsp3) is 0.345. The zero-order valence-corrected chi connectivity index (χ0v) is 38.9. The van der Waals surface area contributed by atoms with Crippen LogP contribution in [0.15, 0.2) is 151 Å². The normalized spacial score (nSPS) is 17.9. The molecule has 0 spiro atoms. The average Bonchev–Trinajstić information content (AvgIpc) is 3.40.